The van der Waals surface area contributed by atoms with Crippen LogP contribution in [0.25, 0.3) is 0 Å². The summed E-state index contributed by atoms with van der Waals surface area (Å²) in [5, 5.41) is 5.74. The van der Waals surface area contributed by atoms with Crippen LogP contribution in [0.2, 0.25) is 5.02 Å². The minimum Gasteiger partial charge on any atom is -0.367 e. The highest BCUT2D eigenvalue weighted by atomic mass is 35.5. The van der Waals surface area contributed by atoms with Crippen LogP contribution in [-0.2, 0) is 6.18 Å². The second-order valence-electron chi connectivity index (χ2n) is 5.03. The van der Waals surface area contributed by atoms with Crippen molar-refractivity contribution in [1.82, 2.24) is 9.97 Å². The minimum atomic E-state index is -4.53. The predicted octanol–water partition coefficient (Wildman–Crippen LogP) is 5.10. The van der Waals surface area contributed by atoms with Crippen molar-refractivity contribution in [3.63, 3.8) is 0 Å². The number of nitrogens with zero attached hydrogens (tertiary/aromatic N) is 2. The monoisotopic (exact) mass is 344 g/mol. The van der Waals surface area contributed by atoms with Crippen molar-refractivity contribution in [2.24, 2.45) is 0 Å². The van der Waals surface area contributed by atoms with Gasteiger partial charge >= 0.3 is 6.18 Å². The van der Waals surface area contributed by atoms with Gasteiger partial charge < -0.3 is 10.6 Å². The van der Waals surface area contributed by atoms with Gasteiger partial charge in [-0.15, -0.1) is 0 Å². The van der Waals surface area contributed by atoms with Crippen molar-refractivity contribution >= 4 is 29.1 Å². The maximum Gasteiger partial charge on any atom is 0.418 e. The third kappa shape index (κ3) is 4.72. The molecule has 2 rings (SSSR count). The van der Waals surface area contributed by atoms with E-state index in [-0.39, 0.29) is 22.7 Å². The summed E-state index contributed by atoms with van der Waals surface area (Å²) in [6, 6.07) is 5.35. The molecule has 0 aliphatic heterocycles. The smallest absolute Gasteiger partial charge is 0.367 e. The van der Waals surface area contributed by atoms with Crippen LogP contribution in [0, 0.1) is 0 Å². The fraction of sp³-hybridized carbons (Fsp3) is 0.333. The Balaban J connectivity index is 2.28. The van der Waals surface area contributed by atoms with Crippen LogP contribution in [0.4, 0.5) is 30.6 Å². The highest BCUT2D eigenvalue weighted by Gasteiger charge is 2.34. The zero-order valence-corrected chi connectivity index (χ0v) is 13.3. The number of alkyl halides is 3. The lowest BCUT2D eigenvalue weighted by atomic mass is 10.1. The topological polar surface area (TPSA) is 49.8 Å². The van der Waals surface area contributed by atoms with Crippen molar-refractivity contribution in [1.29, 1.82) is 0 Å². The van der Waals surface area contributed by atoms with Gasteiger partial charge in [0.05, 0.1) is 11.3 Å². The van der Waals surface area contributed by atoms with Gasteiger partial charge in [-0.1, -0.05) is 18.5 Å². The lowest BCUT2D eigenvalue weighted by Crippen LogP contribution is -2.15. The van der Waals surface area contributed by atoms with Gasteiger partial charge in [0.25, 0.3) is 0 Å². The zero-order valence-electron chi connectivity index (χ0n) is 12.6. The average Bonchev–Trinajstić information content (AvgIpc) is 2.48. The van der Waals surface area contributed by atoms with Gasteiger partial charge in [0, 0.05) is 17.3 Å². The Kier molecular flexibility index (Phi) is 5.30. The zero-order chi connectivity index (χ0) is 17.0. The van der Waals surface area contributed by atoms with Gasteiger partial charge in [0.15, 0.2) is 0 Å². The van der Waals surface area contributed by atoms with E-state index in [4.69, 9.17) is 11.6 Å². The molecule has 8 heteroatoms. The highest BCUT2D eigenvalue weighted by molar-refractivity contribution is 6.30. The Bertz CT molecular complexity index is 676. The van der Waals surface area contributed by atoms with Crippen molar-refractivity contribution < 1.29 is 13.2 Å². The molecule has 0 amide bonds. The number of benzene rings is 1. The Labute approximate surface area is 137 Å². The molecule has 2 N–H and O–H groups in total. The van der Waals surface area contributed by atoms with E-state index < -0.39 is 11.7 Å². The molecule has 1 heterocycles. The van der Waals surface area contributed by atoms with Crippen molar-refractivity contribution in [2.75, 3.05) is 10.6 Å². The summed E-state index contributed by atoms with van der Waals surface area (Å²) in [7, 11) is 0. The van der Waals surface area contributed by atoms with Crippen LogP contribution < -0.4 is 10.6 Å². The fourth-order valence-electron chi connectivity index (χ4n) is 1.83. The lowest BCUT2D eigenvalue weighted by Gasteiger charge is -2.15. The van der Waals surface area contributed by atoms with Crippen LogP contribution in [-0.4, -0.2) is 16.0 Å². The first-order valence-electron chi connectivity index (χ1n) is 7.03. The van der Waals surface area contributed by atoms with E-state index in [0.717, 1.165) is 12.5 Å². The van der Waals surface area contributed by atoms with E-state index >= 15 is 0 Å². The molecule has 2 aromatic rings. The molecule has 0 saturated heterocycles. The molecule has 4 nitrogen and oxygen atoms in total. The number of halogens is 4. The quantitative estimate of drug-likeness (QED) is 0.792. The van der Waals surface area contributed by atoms with E-state index in [9.17, 15) is 13.2 Å². The number of rotatable bonds is 5. The molecule has 1 aromatic heterocycles. The number of hydrogen-bond acceptors (Lipinski definition) is 4. The standard InChI is InChI=1S/C15H16ClF3N4/c1-3-9(2)21-13-6-7-20-14(23-13)22-12-5-4-10(16)8-11(12)15(17,18)19/h4-9H,3H2,1-2H3,(H2,20,21,22,23). The van der Waals surface area contributed by atoms with Crippen LogP contribution in [0.1, 0.15) is 25.8 Å². The summed E-state index contributed by atoms with van der Waals surface area (Å²) in [5.41, 5.74) is -1.02. The van der Waals surface area contributed by atoms with Gasteiger partial charge in [0.1, 0.15) is 5.82 Å². The summed E-state index contributed by atoms with van der Waals surface area (Å²) >= 11 is 5.66. The van der Waals surface area contributed by atoms with Crippen LogP contribution in [0.15, 0.2) is 30.5 Å². The number of nitrogens with one attached hydrogen (secondary N) is 2. The molecule has 0 fully saturated rings. The molecule has 0 bridgehead atoms. The molecule has 0 saturated carbocycles. The summed E-state index contributed by atoms with van der Waals surface area (Å²) < 4.78 is 39.2. The Morgan fingerprint density at radius 1 is 1.26 bits per heavy atom. The molecular weight excluding hydrogens is 329 g/mol. The van der Waals surface area contributed by atoms with E-state index in [1.807, 2.05) is 13.8 Å². The molecule has 1 atom stereocenters. The molecule has 124 valence electrons. The van der Waals surface area contributed by atoms with Gasteiger partial charge in [-0.2, -0.15) is 18.2 Å². The fourth-order valence-corrected chi connectivity index (χ4v) is 2.01. The first-order chi connectivity index (χ1) is 10.8. The first-order valence-corrected chi connectivity index (χ1v) is 7.40. The number of anilines is 3. The van der Waals surface area contributed by atoms with E-state index in [1.165, 1.54) is 18.3 Å². The first kappa shape index (κ1) is 17.3. The molecule has 1 unspecified atom stereocenters. The van der Waals surface area contributed by atoms with Gasteiger partial charge in [-0.3, -0.25) is 0 Å². The molecule has 1 aromatic carbocycles. The third-order valence-corrected chi connectivity index (χ3v) is 3.43. The van der Waals surface area contributed by atoms with E-state index in [2.05, 4.69) is 20.6 Å². The highest BCUT2D eigenvalue weighted by Crippen LogP contribution is 2.37. The minimum absolute atomic E-state index is 0.0102. The summed E-state index contributed by atoms with van der Waals surface area (Å²) in [5.74, 6) is 0.616. The SMILES string of the molecule is CCC(C)Nc1ccnc(Nc2ccc(Cl)cc2C(F)(F)F)n1. The summed E-state index contributed by atoms with van der Waals surface area (Å²) in [4.78, 5) is 8.12. The predicted molar refractivity (Wildman–Crippen MR) is 85.1 cm³/mol. The van der Waals surface area contributed by atoms with E-state index in [1.54, 1.807) is 6.07 Å². The van der Waals surface area contributed by atoms with Crippen LogP contribution in [0.5, 0.6) is 0 Å². The van der Waals surface area contributed by atoms with Crippen molar-refractivity contribution in [3.05, 3.63) is 41.0 Å². The number of hydrogen-bond donors (Lipinski definition) is 2. The van der Waals surface area contributed by atoms with Gasteiger partial charge in [-0.05, 0) is 37.6 Å². The molecule has 0 radical (unpaired) electrons. The average molecular weight is 345 g/mol. The maximum absolute atomic E-state index is 13.1. The van der Waals surface area contributed by atoms with Gasteiger partial charge in [-0.25, -0.2) is 4.98 Å². The second-order valence-corrected chi connectivity index (χ2v) is 5.47. The lowest BCUT2D eigenvalue weighted by molar-refractivity contribution is -0.136. The summed E-state index contributed by atoms with van der Waals surface area (Å²) in [6.07, 6.45) is -2.16. The van der Waals surface area contributed by atoms with Crippen LogP contribution in [0.3, 0.4) is 0 Å². The molecule has 0 spiro atoms. The number of aromatic nitrogens is 2. The van der Waals surface area contributed by atoms with E-state index in [0.29, 0.717) is 5.82 Å². The molecule has 0 aliphatic carbocycles. The largest absolute Gasteiger partial charge is 0.418 e. The third-order valence-electron chi connectivity index (χ3n) is 3.20. The second kappa shape index (κ2) is 7.04. The Morgan fingerprint density at radius 3 is 2.65 bits per heavy atom. The van der Waals surface area contributed by atoms with Crippen molar-refractivity contribution in [3.8, 4) is 0 Å². The maximum atomic E-state index is 13.1. The molecule has 23 heavy (non-hydrogen) atoms. The van der Waals surface area contributed by atoms with Gasteiger partial charge in [0.2, 0.25) is 5.95 Å². The van der Waals surface area contributed by atoms with Crippen LogP contribution >= 0.6 is 11.6 Å². The molecule has 0 aliphatic rings. The Morgan fingerprint density at radius 2 is 2.00 bits per heavy atom. The molecular formula is C15H16ClF3N4. The van der Waals surface area contributed by atoms with Crippen molar-refractivity contribution in [2.45, 2.75) is 32.5 Å². The normalized spacial score (nSPS) is 12.8. The summed E-state index contributed by atoms with van der Waals surface area (Å²) in [6.45, 7) is 4.00. The Hall–Kier alpha value is -2.02.